The summed E-state index contributed by atoms with van der Waals surface area (Å²) in [5, 5.41) is 1.18. The number of para-hydroxylation sites is 3. The summed E-state index contributed by atoms with van der Waals surface area (Å²) in [6, 6.07) is 64.0. The highest BCUT2D eigenvalue weighted by Gasteiger charge is 2.44. The van der Waals surface area contributed by atoms with Gasteiger partial charge in [0.05, 0.1) is 5.54 Å². The van der Waals surface area contributed by atoms with Crippen molar-refractivity contribution in [3.05, 3.63) is 216 Å². The first kappa shape index (κ1) is 36.3. The topological polar surface area (TPSA) is 19.6 Å². The van der Waals surface area contributed by atoms with Crippen LogP contribution in [0.3, 0.4) is 0 Å². The molecular formula is C57H48N2O. The second-order valence-corrected chi connectivity index (χ2v) is 18.0. The monoisotopic (exact) mass is 776 g/mol. The summed E-state index contributed by atoms with van der Waals surface area (Å²) in [4.78, 5) is 4.90. The molecule has 1 heterocycles. The zero-order valence-corrected chi connectivity index (χ0v) is 34.9. The highest BCUT2D eigenvalue weighted by Crippen LogP contribution is 2.56. The Bertz CT molecular complexity index is 3000. The van der Waals surface area contributed by atoms with Gasteiger partial charge in [0.2, 0.25) is 0 Å². The van der Waals surface area contributed by atoms with E-state index in [0.29, 0.717) is 0 Å². The van der Waals surface area contributed by atoms with E-state index in [-0.39, 0.29) is 16.4 Å². The molecule has 0 fully saturated rings. The first-order chi connectivity index (χ1) is 29.1. The second-order valence-electron chi connectivity index (χ2n) is 18.0. The minimum Gasteiger partial charge on any atom is -0.459 e. The average Bonchev–Trinajstić information content (AvgIpc) is 3.85. The van der Waals surface area contributed by atoms with Crippen molar-refractivity contribution in [2.24, 2.45) is 0 Å². The molecule has 0 spiro atoms. The van der Waals surface area contributed by atoms with E-state index >= 15 is 0 Å². The molecule has 1 unspecified atom stereocenters. The Morgan fingerprint density at radius 3 is 1.77 bits per heavy atom. The summed E-state index contributed by atoms with van der Waals surface area (Å²) in [5.41, 5.74) is 17.8. The van der Waals surface area contributed by atoms with Gasteiger partial charge in [-0.1, -0.05) is 135 Å². The van der Waals surface area contributed by atoms with Crippen molar-refractivity contribution < 1.29 is 4.42 Å². The van der Waals surface area contributed by atoms with Crippen LogP contribution in [0, 0.1) is 0 Å². The van der Waals surface area contributed by atoms with Crippen molar-refractivity contribution in [2.45, 2.75) is 57.4 Å². The molecule has 60 heavy (non-hydrogen) atoms. The van der Waals surface area contributed by atoms with Gasteiger partial charge in [-0.15, -0.1) is 0 Å². The molecule has 0 saturated heterocycles. The summed E-state index contributed by atoms with van der Waals surface area (Å²) in [5.74, 6) is 1.05. The predicted octanol–water partition coefficient (Wildman–Crippen LogP) is 15.5. The van der Waals surface area contributed by atoms with Crippen LogP contribution >= 0.6 is 0 Å². The molecule has 3 aliphatic carbocycles. The van der Waals surface area contributed by atoms with Gasteiger partial charge in [0.1, 0.15) is 11.3 Å². The molecule has 0 amide bonds. The summed E-state index contributed by atoms with van der Waals surface area (Å²) in [7, 11) is 0. The molecule has 3 aliphatic rings. The lowest BCUT2D eigenvalue weighted by Gasteiger charge is -2.44. The zero-order valence-electron chi connectivity index (χ0n) is 34.9. The molecule has 3 heteroatoms. The molecule has 0 N–H and O–H groups in total. The number of benzene rings is 7. The van der Waals surface area contributed by atoms with Crippen LogP contribution in [0.5, 0.6) is 0 Å². The van der Waals surface area contributed by atoms with E-state index in [1.54, 1.807) is 0 Å². The number of rotatable bonds is 7. The van der Waals surface area contributed by atoms with Gasteiger partial charge >= 0.3 is 0 Å². The maximum Gasteiger partial charge on any atom is 0.134 e. The first-order valence-electron chi connectivity index (χ1n) is 21.2. The smallest absolute Gasteiger partial charge is 0.134 e. The van der Waals surface area contributed by atoms with E-state index in [1.807, 2.05) is 6.07 Å². The van der Waals surface area contributed by atoms with Gasteiger partial charge in [-0.2, -0.15) is 0 Å². The first-order valence-corrected chi connectivity index (χ1v) is 21.2. The number of nitrogens with zero attached hydrogens (tertiary/aromatic N) is 2. The summed E-state index contributed by atoms with van der Waals surface area (Å²) >= 11 is 0. The van der Waals surface area contributed by atoms with Crippen LogP contribution in [-0.2, 0) is 10.8 Å². The van der Waals surface area contributed by atoms with Gasteiger partial charge in [0.15, 0.2) is 0 Å². The van der Waals surface area contributed by atoms with E-state index < -0.39 is 0 Å². The molecule has 0 saturated carbocycles. The summed E-state index contributed by atoms with van der Waals surface area (Å²) in [6.07, 6.45) is 5.95. The number of hydrogen-bond donors (Lipinski definition) is 0. The number of allylic oxidation sites excluding steroid dienone is 2. The molecule has 1 aromatic heterocycles. The van der Waals surface area contributed by atoms with Crippen molar-refractivity contribution in [2.75, 3.05) is 9.80 Å². The second kappa shape index (κ2) is 13.3. The van der Waals surface area contributed by atoms with Crippen LogP contribution in [0.1, 0.15) is 63.5 Å². The fourth-order valence-electron chi connectivity index (χ4n) is 10.4. The third-order valence-corrected chi connectivity index (χ3v) is 13.5. The Labute approximate surface area is 353 Å². The van der Waals surface area contributed by atoms with E-state index in [4.69, 9.17) is 4.42 Å². The molecule has 8 aromatic rings. The van der Waals surface area contributed by atoms with Crippen molar-refractivity contribution in [1.82, 2.24) is 0 Å². The highest BCUT2D eigenvalue weighted by atomic mass is 16.3. The molecule has 1 atom stereocenters. The number of fused-ring (bicyclic) bond motifs is 8. The number of hydrogen-bond acceptors (Lipinski definition) is 3. The van der Waals surface area contributed by atoms with Gasteiger partial charge in [0.25, 0.3) is 0 Å². The van der Waals surface area contributed by atoms with Crippen LogP contribution in [0.15, 0.2) is 198 Å². The maximum atomic E-state index is 6.52. The third kappa shape index (κ3) is 5.49. The fraction of sp³-hybridized carbons (Fsp3) is 0.158. The highest BCUT2D eigenvalue weighted by molar-refractivity contribution is 6.01. The molecule has 0 bridgehead atoms. The Hall–Kier alpha value is -6.84. The largest absolute Gasteiger partial charge is 0.459 e. The standard InChI is InChI=1S/C57H48N2O/c1-55(2)49-22-14-12-20-45(49)46-34-35-57(5,37-51(46)55)59(42-18-10-7-11-19-42)43-30-26-39(27-31-43)38-24-28-41(29-25-38)58(40-16-8-6-9-17-40)44-32-33-47-50(36-44)56(3,4)54-53(47)48-21-13-15-23-52(48)60-54/h6-34,36-37H,35H2,1-5H3. The van der Waals surface area contributed by atoms with Crippen LogP contribution in [0.4, 0.5) is 28.4 Å². The Kier molecular flexibility index (Phi) is 8.06. The predicted molar refractivity (Wildman–Crippen MR) is 251 cm³/mol. The third-order valence-electron chi connectivity index (χ3n) is 13.5. The normalized spacial score (nSPS) is 17.9. The Balaban J connectivity index is 0.926. The van der Waals surface area contributed by atoms with Gasteiger partial charge in [-0.3, -0.25) is 0 Å². The quantitative estimate of drug-likeness (QED) is 0.161. The average molecular weight is 777 g/mol. The number of furan rings is 1. The molecule has 0 aliphatic heterocycles. The Morgan fingerprint density at radius 2 is 1.05 bits per heavy atom. The van der Waals surface area contributed by atoms with Crippen molar-refractivity contribution in [1.29, 1.82) is 0 Å². The van der Waals surface area contributed by atoms with Crippen molar-refractivity contribution >= 4 is 45.0 Å². The van der Waals surface area contributed by atoms with Crippen molar-refractivity contribution in [3.8, 4) is 22.3 Å². The molecule has 3 nitrogen and oxygen atoms in total. The molecule has 292 valence electrons. The maximum absolute atomic E-state index is 6.52. The molecular weight excluding hydrogens is 729 g/mol. The zero-order chi connectivity index (χ0) is 40.8. The van der Waals surface area contributed by atoms with Crippen LogP contribution in [0.25, 0.3) is 38.8 Å². The van der Waals surface area contributed by atoms with E-state index in [2.05, 4.69) is 226 Å². The van der Waals surface area contributed by atoms with Crippen LogP contribution in [-0.4, -0.2) is 5.54 Å². The lowest BCUT2D eigenvalue weighted by molar-refractivity contribution is 0.465. The lowest BCUT2D eigenvalue weighted by Crippen LogP contribution is -2.43. The molecule has 0 radical (unpaired) electrons. The minimum absolute atomic E-state index is 0.0607. The van der Waals surface area contributed by atoms with E-state index in [0.717, 1.165) is 34.8 Å². The lowest BCUT2D eigenvalue weighted by atomic mass is 9.76. The summed E-state index contributed by atoms with van der Waals surface area (Å²) < 4.78 is 6.52. The van der Waals surface area contributed by atoms with Gasteiger partial charge in [-0.25, -0.2) is 0 Å². The van der Waals surface area contributed by atoms with Gasteiger partial charge in [-0.05, 0) is 138 Å². The fourth-order valence-corrected chi connectivity index (χ4v) is 10.4. The van der Waals surface area contributed by atoms with Crippen LogP contribution in [0.2, 0.25) is 0 Å². The SMILES string of the molecule is CC1(C)C2=CC(C)(N(c3ccccc3)c3ccc(-c4ccc(N(c5ccccc5)c5ccc6c(c5)C(C)(C)c5oc7ccccc7c5-6)cc4)cc3)CC=C2c2ccccc21. The summed E-state index contributed by atoms with van der Waals surface area (Å²) in [6.45, 7) is 11.7. The van der Waals surface area contributed by atoms with E-state index in [1.165, 1.54) is 66.9 Å². The van der Waals surface area contributed by atoms with Gasteiger partial charge in [0, 0.05) is 50.2 Å². The van der Waals surface area contributed by atoms with Gasteiger partial charge < -0.3 is 14.2 Å². The van der Waals surface area contributed by atoms with E-state index in [9.17, 15) is 0 Å². The molecule has 11 rings (SSSR count). The van der Waals surface area contributed by atoms with Crippen molar-refractivity contribution in [3.63, 3.8) is 0 Å². The Morgan fingerprint density at radius 1 is 0.483 bits per heavy atom. The van der Waals surface area contributed by atoms with Crippen LogP contribution < -0.4 is 9.80 Å². The number of anilines is 5. The molecule has 7 aromatic carbocycles. The minimum atomic E-state index is -0.266.